The Kier molecular flexibility index (Phi) is 17.0. The van der Waals surface area contributed by atoms with Crippen molar-refractivity contribution >= 4 is 34.8 Å². The predicted molar refractivity (Wildman–Crippen MR) is 178 cm³/mol. The summed E-state index contributed by atoms with van der Waals surface area (Å²) in [6.45, 7) is 17.9. The molecule has 246 valence electrons. The fourth-order valence-corrected chi connectivity index (χ4v) is 3.74. The third-order valence-corrected chi connectivity index (χ3v) is 6.89. The molecular weight excluding hydrogens is 647 g/mol. The third kappa shape index (κ3) is 14.9. The Labute approximate surface area is 279 Å². The van der Waals surface area contributed by atoms with Gasteiger partial charge in [-0.2, -0.15) is 13.2 Å². The third-order valence-electron chi connectivity index (χ3n) is 6.06. The maximum atomic E-state index is 13.0. The molecule has 4 rings (SSSR count). The fourth-order valence-electron chi connectivity index (χ4n) is 3.38. The van der Waals surface area contributed by atoms with Gasteiger partial charge in [-0.25, -0.2) is 4.39 Å². The van der Waals surface area contributed by atoms with Crippen LogP contribution in [0.2, 0.25) is 15.1 Å². The zero-order valence-corrected chi connectivity index (χ0v) is 29.3. The highest BCUT2D eigenvalue weighted by molar-refractivity contribution is 6.31. The molecule has 0 aliphatic rings. The predicted octanol–water partition coefficient (Wildman–Crippen LogP) is 12.2. The van der Waals surface area contributed by atoms with Gasteiger partial charge in [0.1, 0.15) is 5.82 Å². The average Bonchev–Trinajstić information content (AvgIpc) is 2.95. The molecule has 4 aromatic rings. The highest BCUT2D eigenvalue weighted by Gasteiger charge is 2.30. The van der Waals surface area contributed by atoms with Crippen LogP contribution in [0.3, 0.4) is 0 Å². The lowest BCUT2D eigenvalue weighted by atomic mass is 10.1. The summed E-state index contributed by atoms with van der Waals surface area (Å²) >= 11 is 17.0. The molecule has 0 aromatic carbocycles. The van der Waals surface area contributed by atoms with E-state index >= 15 is 0 Å². The van der Waals surface area contributed by atoms with E-state index in [1.54, 1.807) is 6.20 Å². The lowest BCUT2D eigenvalue weighted by Crippen LogP contribution is -2.06. The highest BCUT2D eigenvalue weighted by Crippen LogP contribution is 2.29. The summed E-state index contributed by atoms with van der Waals surface area (Å²) in [5.41, 5.74) is 3.55. The van der Waals surface area contributed by atoms with Crippen molar-refractivity contribution in [2.24, 2.45) is 0 Å². The standard InChI is InChI=1S/C9H12ClN.C9H10F3N.C8H9ClFN.C8H10ClN/c1-6(2)9-5-4-8(10)7(3)11-9;1-6(2)8-4-3-7(5-13-8)9(10,11)12;1-5(2)8-7(10)3-6(9)4-11-8;1-6(2)8-4-3-7(9)5-10-8/h4-6H,1-3H3;3-6H,1-2H3;3-5H,1-2H3;3-6H,1-2H3. The average molecular weight is 688 g/mol. The molecule has 0 unspecified atom stereocenters. The molecule has 0 aliphatic carbocycles. The number of rotatable bonds is 4. The van der Waals surface area contributed by atoms with Gasteiger partial charge in [0.2, 0.25) is 0 Å². The van der Waals surface area contributed by atoms with Crippen molar-refractivity contribution in [3.8, 4) is 0 Å². The molecule has 0 spiro atoms. The zero-order valence-electron chi connectivity index (χ0n) is 27.0. The van der Waals surface area contributed by atoms with Crippen LogP contribution in [-0.4, -0.2) is 19.9 Å². The molecule has 0 radical (unpaired) electrons. The number of hydrogen-bond donors (Lipinski definition) is 0. The van der Waals surface area contributed by atoms with Crippen molar-refractivity contribution in [2.45, 2.75) is 92.2 Å². The molecule has 4 nitrogen and oxygen atoms in total. The number of nitrogens with zero attached hydrogens (tertiary/aromatic N) is 4. The first-order valence-corrected chi connectivity index (χ1v) is 15.5. The van der Waals surface area contributed by atoms with Crippen LogP contribution in [0.5, 0.6) is 0 Å². The van der Waals surface area contributed by atoms with E-state index in [1.807, 2.05) is 58.9 Å². The van der Waals surface area contributed by atoms with E-state index in [2.05, 4.69) is 47.6 Å². The van der Waals surface area contributed by atoms with Gasteiger partial charge >= 0.3 is 6.18 Å². The molecule has 0 bridgehead atoms. The Morgan fingerprint density at radius 1 is 0.600 bits per heavy atom. The maximum absolute atomic E-state index is 13.0. The lowest BCUT2D eigenvalue weighted by molar-refractivity contribution is -0.137. The molecule has 0 aliphatic heterocycles. The molecule has 45 heavy (non-hydrogen) atoms. The summed E-state index contributed by atoms with van der Waals surface area (Å²) < 4.78 is 49.2. The molecule has 0 saturated heterocycles. The molecule has 4 heterocycles. The van der Waals surface area contributed by atoms with Gasteiger partial charge in [-0.3, -0.25) is 19.9 Å². The smallest absolute Gasteiger partial charge is 0.260 e. The van der Waals surface area contributed by atoms with E-state index < -0.39 is 11.7 Å². The van der Waals surface area contributed by atoms with Crippen LogP contribution in [0.25, 0.3) is 0 Å². The first-order chi connectivity index (χ1) is 20.8. The van der Waals surface area contributed by atoms with E-state index in [0.717, 1.165) is 34.4 Å². The summed E-state index contributed by atoms with van der Waals surface area (Å²) in [6, 6.07) is 11.4. The molecule has 0 atom stereocenters. The van der Waals surface area contributed by atoms with Gasteiger partial charge in [0.25, 0.3) is 0 Å². The van der Waals surface area contributed by atoms with Crippen molar-refractivity contribution in [1.29, 1.82) is 0 Å². The Bertz CT molecular complexity index is 1440. The van der Waals surface area contributed by atoms with Crippen molar-refractivity contribution < 1.29 is 17.6 Å². The highest BCUT2D eigenvalue weighted by atomic mass is 35.5. The first kappa shape index (κ1) is 40.2. The van der Waals surface area contributed by atoms with E-state index in [-0.39, 0.29) is 17.7 Å². The van der Waals surface area contributed by atoms with Crippen LogP contribution < -0.4 is 0 Å². The molecule has 0 amide bonds. The van der Waals surface area contributed by atoms with Crippen LogP contribution in [0.15, 0.2) is 61.1 Å². The number of aryl methyl sites for hydroxylation is 1. The number of aromatic nitrogens is 4. The number of pyridine rings is 4. The minimum atomic E-state index is -4.29. The molecule has 0 fully saturated rings. The Morgan fingerprint density at radius 2 is 1.09 bits per heavy atom. The van der Waals surface area contributed by atoms with Gasteiger partial charge in [-0.15, -0.1) is 0 Å². The topological polar surface area (TPSA) is 51.6 Å². The molecule has 0 N–H and O–H groups in total. The Hall–Kier alpha value is -2.81. The minimum Gasteiger partial charge on any atom is -0.260 e. The molecule has 0 saturated carbocycles. The van der Waals surface area contributed by atoms with Crippen LogP contribution in [0, 0.1) is 12.7 Å². The van der Waals surface area contributed by atoms with E-state index in [9.17, 15) is 17.6 Å². The van der Waals surface area contributed by atoms with Crippen LogP contribution in [0.4, 0.5) is 17.6 Å². The van der Waals surface area contributed by atoms with Gasteiger partial charge in [-0.1, -0.05) is 90.2 Å². The Morgan fingerprint density at radius 3 is 1.47 bits per heavy atom. The normalized spacial score (nSPS) is 11.0. The summed E-state index contributed by atoms with van der Waals surface area (Å²) in [5, 5.41) is 1.78. The first-order valence-electron chi connectivity index (χ1n) is 14.4. The monoisotopic (exact) mass is 686 g/mol. The van der Waals surface area contributed by atoms with E-state index in [4.69, 9.17) is 34.8 Å². The van der Waals surface area contributed by atoms with Crippen LogP contribution >= 0.6 is 34.8 Å². The van der Waals surface area contributed by atoms with Gasteiger partial charge in [0.05, 0.1) is 32.0 Å². The molecule has 11 heteroatoms. The molecule has 4 aromatic heterocycles. The van der Waals surface area contributed by atoms with Crippen molar-refractivity contribution in [1.82, 2.24) is 19.9 Å². The van der Waals surface area contributed by atoms with Crippen LogP contribution in [-0.2, 0) is 6.18 Å². The van der Waals surface area contributed by atoms with Crippen molar-refractivity contribution in [2.75, 3.05) is 0 Å². The molecular formula is C34H41Cl3F4N4. The van der Waals surface area contributed by atoms with Crippen molar-refractivity contribution in [3.05, 3.63) is 116 Å². The number of alkyl halides is 3. The Balaban J connectivity index is 0.000000301. The van der Waals surface area contributed by atoms with Gasteiger partial charge < -0.3 is 0 Å². The lowest BCUT2D eigenvalue weighted by Gasteiger charge is -2.08. The summed E-state index contributed by atoms with van der Waals surface area (Å²) in [7, 11) is 0. The van der Waals surface area contributed by atoms with Crippen LogP contribution in [0.1, 0.15) is 113 Å². The quantitative estimate of drug-likeness (QED) is 0.200. The van der Waals surface area contributed by atoms with E-state index in [1.165, 1.54) is 18.3 Å². The van der Waals surface area contributed by atoms with E-state index in [0.29, 0.717) is 33.3 Å². The second kappa shape index (κ2) is 19.0. The number of hydrogen-bond acceptors (Lipinski definition) is 4. The number of halogens is 7. The van der Waals surface area contributed by atoms with Gasteiger partial charge in [0.15, 0.2) is 0 Å². The largest absolute Gasteiger partial charge is 0.417 e. The summed E-state index contributed by atoms with van der Waals surface area (Å²) in [6.07, 6.45) is -0.283. The van der Waals surface area contributed by atoms with Crippen molar-refractivity contribution in [3.63, 3.8) is 0 Å². The maximum Gasteiger partial charge on any atom is 0.417 e. The summed E-state index contributed by atoms with van der Waals surface area (Å²) in [4.78, 5) is 16.1. The minimum absolute atomic E-state index is 0.104. The second-order valence-electron chi connectivity index (χ2n) is 11.3. The van der Waals surface area contributed by atoms with Gasteiger partial charge in [0, 0.05) is 35.7 Å². The zero-order chi connectivity index (χ0) is 34.5. The van der Waals surface area contributed by atoms with Gasteiger partial charge in [-0.05, 0) is 73.1 Å². The summed E-state index contributed by atoms with van der Waals surface area (Å²) in [5.74, 6) is 0.894. The second-order valence-corrected chi connectivity index (χ2v) is 12.6. The SMILES string of the molecule is CC(C)c1ccc(C(F)(F)F)cn1.CC(C)c1ccc(Cl)cn1.CC(C)c1ncc(Cl)cc1F.Cc1nc(C(C)C)ccc1Cl. The fraction of sp³-hybridized carbons (Fsp3) is 0.412.